The van der Waals surface area contributed by atoms with Crippen molar-refractivity contribution in [1.82, 2.24) is 9.80 Å². The Morgan fingerprint density at radius 2 is 1.19 bits per heavy atom. The standard InChI is InChI=1S/C27H32N2O8/c30-24(31)16-28(22-8-4-5-9-23(22)29(17-25(32)33)18-26(34)35)15-20-12-10-19(11-13-20)14-27(36)37-21-6-2-1-3-7-21/h1-3,6-7,10-13,22-23H,4-5,8-9,14-18H2,(H,30,31)(H,32,33)(H,34,35). The molecule has 0 amide bonds. The van der Waals surface area contributed by atoms with Crippen LogP contribution in [0.25, 0.3) is 0 Å². The summed E-state index contributed by atoms with van der Waals surface area (Å²) < 4.78 is 5.32. The van der Waals surface area contributed by atoms with Crippen LogP contribution in [0.4, 0.5) is 0 Å². The maximum absolute atomic E-state index is 12.2. The molecular weight excluding hydrogens is 480 g/mol. The van der Waals surface area contributed by atoms with E-state index in [4.69, 9.17) is 4.74 Å². The zero-order valence-corrected chi connectivity index (χ0v) is 20.5. The SMILES string of the molecule is O=C(O)CN(CC(=O)O)C1CCCCC1N(CC(=O)O)Cc1ccc(CC(=O)Oc2ccccc2)cc1. The van der Waals surface area contributed by atoms with Gasteiger partial charge in [-0.25, -0.2) is 0 Å². The van der Waals surface area contributed by atoms with Crippen LogP contribution >= 0.6 is 0 Å². The fraction of sp³-hybridized carbons (Fsp3) is 0.407. The molecule has 3 N–H and O–H groups in total. The van der Waals surface area contributed by atoms with Crippen molar-refractivity contribution in [2.24, 2.45) is 0 Å². The summed E-state index contributed by atoms with van der Waals surface area (Å²) in [6.45, 7) is -0.833. The molecule has 37 heavy (non-hydrogen) atoms. The molecule has 10 nitrogen and oxygen atoms in total. The fourth-order valence-corrected chi connectivity index (χ4v) is 4.87. The van der Waals surface area contributed by atoms with Gasteiger partial charge in [-0.05, 0) is 36.1 Å². The summed E-state index contributed by atoms with van der Waals surface area (Å²) in [6, 6.07) is 15.3. The molecule has 2 aromatic carbocycles. The van der Waals surface area contributed by atoms with E-state index in [1.807, 2.05) is 18.2 Å². The smallest absolute Gasteiger partial charge is 0.317 e. The molecule has 0 saturated heterocycles. The number of carboxylic acid groups (broad SMARTS) is 3. The largest absolute Gasteiger partial charge is 0.480 e. The zero-order chi connectivity index (χ0) is 26.8. The Morgan fingerprint density at radius 1 is 0.703 bits per heavy atom. The van der Waals surface area contributed by atoms with E-state index < -0.39 is 43.0 Å². The van der Waals surface area contributed by atoms with E-state index in [0.717, 1.165) is 24.0 Å². The summed E-state index contributed by atoms with van der Waals surface area (Å²) in [7, 11) is 0. The molecule has 0 radical (unpaired) electrons. The monoisotopic (exact) mass is 512 g/mol. The van der Waals surface area contributed by atoms with Crippen molar-refractivity contribution in [2.45, 2.75) is 50.7 Å². The molecular formula is C27H32N2O8. The zero-order valence-electron chi connectivity index (χ0n) is 20.5. The molecule has 3 rings (SSSR count). The van der Waals surface area contributed by atoms with E-state index >= 15 is 0 Å². The first-order chi connectivity index (χ1) is 17.7. The number of para-hydroxylation sites is 1. The van der Waals surface area contributed by atoms with Crippen molar-refractivity contribution in [2.75, 3.05) is 19.6 Å². The van der Waals surface area contributed by atoms with Crippen molar-refractivity contribution < 1.29 is 39.2 Å². The lowest BCUT2D eigenvalue weighted by Gasteiger charge is -2.44. The molecule has 0 aromatic heterocycles. The van der Waals surface area contributed by atoms with Crippen LogP contribution in [0, 0.1) is 0 Å². The quantitative estimate of drug-likeness (QED) is 0.270. The maximum atomic E-state index is 12.2. The van der Waals surface area contributed by atoms with Gasteiger partial charge in [0.25, 0.3) is 0 Å². The van der Waals surface area contributed by atoms with Crippen LogP contribution < -0.4 is 4.74 Å². The lowest BCUT2D eigenvalue weighted by Crippen LogP contribution is -2.56. The van der Waals surface area contributed by atoms with Crippen LogP contribution in [0.1, 0.15) is 36.8 Å². The van der Waals surface area contributed by atoms with Gasteiger partial charge in [-0.1, -0.05) is 55.3 Å². The molecule has 0 bridgehead atoms. The minimum absolute atomic E-state index is 0.0814. The van der Waals surface area contributed by atoms with Crippen LogP contribution in [0.3, 0.4) is 0 Å². The number of hydrogen-bond donors (Lipinski definition) is 3. The third kappa shape index (κ3) is 9.00. The molecule has 2 aromatic rings. The highest BCUT2D eigenvalue weighted by Crippen LogP contribution is 2.28. The third-order valence-corrected chi connectivity index (χ3v) is 6.38. The van der Waals surface area contributed by atoms with Crippen molar-refractivity contribution >= 4 is 23.9 Å². The Bertz CT molecular complexity index is 1060. The predicted octanol–water partition coefficient (Wildman–Crippen LogP) is 2.50. The van der Waals surface area contributed by atoms with Crippen molar-refractivity contribution in [3.8, 4) is 5.75 Å². The van der Waals surface area contributed by atoms with Crippen LogP contribution in [0.15, 0.2) is 54.6 Å². The molecule has 1 saturated carbocycles. The van der Waals surface area contributed by atoms with Gasteiger partial charge in [-0.15, -0.1) is 0 Å². The fourth-order valence-electron chi connectivity index (χ4n) is 4.87. The maximum Gasteiger partial charge on any atom is 0.317 e. The lowest BCUT2D eigenvalue weighted by molar-refractivity contribution is -0.146. The number of rotatable bonds is 13. The van der Waals surface area contributed by atoms with E-state index in [1.54, 1.807) is 41.3 Å². The Kier molecular flexibility index (Phi) is 10.2. The first-order valence-electron chi connectivity index (χ1n) is 12.2. The number of ether oxygens (including phenoxy) is 1. The summed E-state index contributed by atoms with van der Waals surface area (Å²) in [6.07, 6.45) is 2.96. The summed E-state index contributed by atoms with van der Waals surface area (Å²) in [4.78, 5) is 50.0. The van der Waals surface area contributed by atoms with Crippen LogP contribution in [0.5, 0.6) is 5.75 Å². The van der Waals surface area contributed by atoms with Gasteiger partial charge >= 0.3 is 23.9 Å². The van der Waals surface area contributed by atoms with Gasteiger partial charge < -0.3 is 20.1 Å². The van der Waals surface area contributed by atoms with Gasteiger partial charge in [0.15, 0.2) is 0 Å². The van der Waals surface area contributed by atoms with Crippen molar-refractivity contribution in [1.29, 1.82) is 0 Å². The van der Waals surface area contributed by atoms with Gasteiger partial charge in [0.1, 0.15) is 5.75 Å². The molecule has 0 spiro atoms. The minimum atomic E-state index is -1.13. The van der Waals surface area contributed by atoms with E-state index in [0.29, 0.717) is 18.6 Å². The second kappa shape index (κ2) is 13.5. The Labute approximate surface area is 215 Å². The normalized spacial score (nSPS) is 17.5. The average molecular weight is 513 g/mol. The molecule has 1 aliphatic rings. The number of carbonyl (C=O) groups is 4. The molecule has 198 valence electrons. The van der Waals surface area contributed by atoms with Gasteiger partial charge in [0, 0.05) is 18.6 Å². The summed E-state index contributed by atoms with van der Waals surface area (Å²) in [5.74, 6) is -3.20. The van der Waals surface area contributed by atoms with Crippen LogP contribution in [-0.2, 0) is 32.1 Å². The topological polar surface area (TPSA) is 145 Å². The Hall–Kier alpha value is -3.76. The van der Waals surface area contributed by atoms with Crippen molar-refractivity contribution in [3.05, 3.63) is 65.7 Å². The van der Waals surface area contributed by atoms with Gasteiger partial charge in [-0.3, -0.25) is 29.0 Å². The number of esters is 1. The Morgan fingerprint density at radius 3 is 1.73 bits per heavy atom. The number of carboxylic acids is 3. The summed E-state index contributed by atoms with van der Waals surface area (Å²) in [5.41, 5.74) is 1.58. The van der Waals surface area contributed by atoms with E-state index in [9.17, 15) is 34.5 Å². The molecule has 0 aliphatic heterocycles. The molecule has 10 heteroatoms. The molecule has 2 atom stereocenters. The number of nitrogens with zero attached hydrogens (tertiary/aromatic N) is 2. The molecule has 1 aliphatic carbocycles. The number of hydrogen-bond acceptors (Lipinski definition) is 7. The highest BCUT2D eigenvalue weighted by atomic mass is 16.5. The van der Waals surface area contributed by atoms with Gasteiger partial charge in [0.05, 0.1) is 26.1 Å². The summed E-state index contributed by atoms with van der Waals surface area (Å²) in [5, 5.41) is 28.2. The van der Waals surface area contributed by atoms with Gasteiger partial charge in [-0.2, -0.15) is 0 Å². The molecule has 2 unspecified atom stereocenters. The number of benzene rings is 2. The van der Waals surface area contributed by atoms with Crippen LogP contribution in [-0.4, -0.2) is 80.7 Å². The Balaban J connectivity index is 1.72. The van der Waals surface area contributed by atoms with Crippen molar-refractivity contribution in [3.63, 3.8) is 0 Å². The van der Waals surface area contributed by atoms with Crippen LogP contribution in [0.2, 0.25) is 0 Å². The van der Waals surface area contributed by atoms with E-state index in [-0.39, 0.29) is 25.6 Å². The summed E-state index contributed by atoms with van der Waals surface area (Å²) >= 11 is 0. The third-order valence-electron chi connectivity index (χ3n) is 6.38. The highest BCUT2D eigenvalue weighted by molar-refractivity contribution is 5.75. The second-order valence-electron chi connectivity index (χ2n) is 9.19. The van der Waals surface area contributed by atoms with Gasteiger partial charge in [0.2, 0.25) is 0 Å². The second-order valence-corrected chi connectivity index (χ2v) is 9.19. The first-order valence-corrected chi connectivity index (χ1v) is 12.2. The molecule has 1 fully saturated rings. The number of carbonyl (C=O) groups excluding carboxylic acids is 1. The minimum Gasteiger partial charge on any atom is -0.480 e. The predicted molar refractivity (Wildman–Crippen MR) is 133 cm³/mol. The first kappa shape index (κ1) is 27.8. The lowest BCUT2D eigenvalue weighted by atomic mass is 9.87. The highest BCUT2D eigenvalue weighted by Gasteiger charge is 2.36. The van der Waals surface area contributed by atoms with E-state index in [1.165, 1.54) is 4.90 Å². The number of aliphatic carboxylic acids is 3. The average Bonchev–Trinajstić information content (AvgIpc) is 2.84. The molecule has 0 heterocycles. The van der Waals surface area contributed by atoms with E-state index in [2.05, 4.69) is 0 Å².